The molecule has 2 heterocycles. The second kappa shape index (κ2) is 8.86. The van der Waals surface area contributed by atoms with Crippen molar-refractivity contribution in [2.75, 3.05) is 13.7 Å². The second-order valence-electron chi connectivity index (χ2n) is 5.01. The molecule has 134 valence electrons. The number of aliphatic imine (C=N–C) groups is 1. The molecule has 6 nitrogen and oxygen atoms in total. The smallest absolute Gasteiger partial charge is 0.422 e. The van der Waals surface area contributed by atoms with Crippen LogP contribution in [0.3, 0.4) is 0 Å². The van der Waals surface area contributed by atoms with Gasteiger partial charge in [0.1, 0.15) is 0 Å². The molecule has 2 N–H and O–H groups in total. The lowest BCUT2D eigenvalue weighted by Gasteiger charge is -2.12. The lowest BCUT2D eigenvalue weighted by Crippen LogP contribution is -2.36. The molecular weight excluding hydrogens is 335 g/mol. The number of nitrogens with zero attached hydrogens (tertiary/aromatic N) is 3. The van der Waals surface area contributed by atoms with Crippen LogP contribution in [0, 0.1) is 0 Å². The maximum absolute atomic E-state index is 12.2. The van der Waals surface area contributed by atoms with Crippen LogP contribution in [-0.4, -0.2) is 35.8 Å². The van der Waals surface area contributed by atoms with Crippen LogP contribution in [0.4, 0.5) is 13.2 Å². The Bertz CT molecular complexity index is 692. The zero-order chi connectivity index (χ0) is 18.1. The van der Waals surface area contributed by atoms with Gasteiger partial charge in [0, 0.05) is 32.1 Å². The monoisotopic (exact) mass is 353 g/mol. The van der Waals surface area contributed by atoms with Crippen molar-refractivity contribution < 1.29 is 17.9 Å². The number of alkyl halides is 3. The van der Waals surface area contributed by atoms with E-state index in [1.54, 1.807) is 19.3 Å². The fourth-order valence-electron chi connectivity index (χ4n) is 1.88. The highest BCUT2D eigenvalue weighted by atomic mass is 19.4. The van der Waals surface area contributed by atoms with E-state index in [2.05, 4.69) is 30.3 Å². The molecule has 0 saturated carbocycles. The molecule has 0 spiro atoms. The Kier molecular flexibility index (Phi) is 6.55. The van der Waals surface area contributed by atoms with Gasteiger partial charge in [-0.2, -0.15) is 13.2 Å². The van der Waals surface area contributed by atoms with Crippen molar-refractivity contribution in [3.8, 4) is 5.88 Å². The van der Waals surface area contributed by atoms with Gasteiger partial charge in [0.05, 0.1) is 12.2 Å². The summed E-state index contributed by atoms with van der Waals surface area (Å²) in [7, 11) is 1.62. The van der Waals surface area contributed by atoms with Gasteiger partial charge in [0.15, 0.2) is 12.6 Å². The van der Waals surface area contributed by atoms with Gasteiger partial charge >= 0.3 is 6.18 Å². The van der Waals surface area contributed by atoms with E-state index in [1.807, 2.05) is 18.2 Å². The Morgan fingerprint density at radius 3 is 2.60 bits per heavy atom. The van der Waals surface area contributed by atoms with Crippen molar-refractivity contribution >= 4 is 5.96 Å². The summed E-state index contributed by atoms with van der Waals surface area (Å²) in [6.45, 7) is -0.520. The van der Waals surface area contributed by atoms with E-state index in [4.69, 9.17) is 0 Å². The minimum atomic E-state index is -4.40. The van der Waals surface area contributed by atoms with E-state index < -0.39 is 12.8 Å². The van der Waals surface area contributed by atoms with Gasteiger partial charge in [-0.05, 0) is 23.8 Å². The molecule has 0 aliphatic rings. The number of nitrogens with one attached hydrogen (secondary N) is 2. The van der Waals surface area contributed by atoms with Gasteiger partial charge < -0.3 is 15.4 Å². The highest BCUT2D eigenvalue weighted by Crippen LogP contribution is 2.17. The van der Waals surface area contributed by atoms with E-state index in [0.29, 0.717) is 24.6 Å². The van der Waals surface area contributed by atoms with Crippen molar-refractivity contribution in [3.63, 3.8) is 0 Å². The number of pyridine rings is 2. The highest BCUT2D eigenvalue weighted by Gasteiger charge is 2.28. The maximum Gasteiger partial charge on any atom is 0.422 e. The summed E-state index contributed by atoms with van der Waals surface area (Å²) in [6, 6.07) is 8.73. The molecule has 2 aromatic heterocycles. The third kappa shape index (κ3) is 7.06. The Hall–Kier alpha value is -2.84. The molecule has 2 rings (SSSR count). The number of hydrogen-bond acceptors (Lipinski definition) is 4. The summed E-state index contributed by atoms with van der Waals surface area (Å²) in [5.41, 5.74) is 1.57. The Morgan fingerprint density at radius 2 is 1.92 bits per heavy atom. The van der Waals surface area contributed by atoms with Gasteiger partial charge in [0.2, 0.25) is 5.88 Å². The van der Waals surface area contributed by atoms with Crippen LogP contribution in [0.15, 0.2) is 47.7 Å². The summed E-state index contributed by atoms with van der Waals surface area (Å²) < 4.78 is 41.1. The zero-order valence-corrected chi connectivity index (χ0v) is 13.5. The van der Waals surface area contributed by atoms with E-state index in [0.717, 1.165) is 5.69 Å². The van der Waals surface area contributed by atoms with Gasteiger partial charge in [-0.3, -0.25) is 9.98 Å². The average molecular weight is 353 g/mol. The van der Waals surface area contributed by atoms with Crippen LogP contribution in [0.1, 0.15) is 11.3 Å². The van der Waals surface area contributed by atoms with Crippen molar-refractivity contribution in [2.24, 2.45) is 4.99 Å². The van der Waals surface area contributed by atoms with E-state index >= 15 is 0 Å². The first-order chi connectivity index (χ1) is 12.0. The lowest BCUT2D eigenvalue weighted by molar-refractivity contribution is -0.154. The molecule has 0 radical (unpaired) electrons. The quantitative estimate of drug-likeness (QED) is 0.616. The number of hydrogen-bond donors (Lipinski definition) is 2. The number of ether oxygens (including phenoxy) is 1. The second-order valence-corrected chi connectivity index (χ2v) is 5.01. The SMILES string of the molecule is CN=C(NCc1ccnc(OCC(F)(F)F)c1)NCc1ccccn1. The molecule has 0 bridgehead atoms. The van der Waals surface area contributed by atoms with Crippen molar-refractivity contribution in [1.29, 1.82) is 0 Å². The molecule has 0 aliphatic heterocycles. The highest BCUT2D eigenvalue weighted by molar-refractivity contribution is 5.79. The van der Waals surface area contributed by atoms with Crippen molar-refractivity contribution in [1.82, 2.24) is 20.6 Å². The molecule has 25 heavy (non-hydrogen) atoms. The molecule has 0 aliphatic carbocycles. The summed E-state index contributed by atoms with van der Waals surface area (Å²) in [4.78, 5) is 12.0. The standard InChI is InChI=1S/C16H18F3N5O/c1-20-15(24-10-13-4-2-3-6-21-13)23-9-12-5-7-22-14(8-12)25-11-16(17,18)19/h2-8H,9-11H2,1H3,(H2,20,23,24). The number of guanidine groups is 1. The maximum atomic E-state index is 12.2. The summed E-state index contributed by atoms with van der Waals surface area (Å²) >= 11 is 0. The predicted molar refractivity (Wildman–Crippen MR) is 87.1 cm³/mol. The van der Waals surface area contributed by atoms with Gasteiger partial charge in [-0.1, -0.05) is 6.07 Å². The first-order valence-corrected chi connectivity index (χ1v) is 7.45. The molecule has 0 saturated heterocycles. The summed E-state index contributed by atoms with van der Waals surface area (Å²) in [6.07, 6.45) is -1.30. The summed E-state index contributed by atoms with van der Waals surface area (Å²) in [5, 5.41) is 6.16. The number of rotatable bonds is 6. The largest absolute Gasteiger partial charge is 0.468 e. The fraction of sp³-hybridized carbons (Fsp3) is 0.312. The molecule has 0 fully saturated rings. The topological polar surface area (TPSA) is 71.4 Å². The molecule has 0 atom stereocenters. The molecule has 9 heteroatoms. The van der Waals surface area contributed by atoms with Gasteiger partial charge in [-0.25, -0.2) is 4.98 Å². The molecule has 0 aromatic carbocycles. The summed E-state index contributed by atoms with van der Waals surface area (Å²) in [5.74, 6) is 0.466. The molecule has 0 unspecified atom stereocenters. The van der Waals surface area contributed by atoms with Gasteiger partial charge in [0.25, 0.3) is 0 Å². The van der Waals surface area contributed by atoms with E-state index in [1.165, 1.54) is 12.3 Å². The van der Waals surface area contributed by atoms with Crippen LogP contribution >= 0.6 is 0 Å². The minimum absolute atomic E-state index is 0.0759. The first kappa shape index (κ1) is 18.5. The van der Waals surface area contributed by atoms with Crippen LogP contribution in [0.2, 0.25) is 0 Å². The van der Waals surface area contributed by atoms with Crippen LogP contribution in [0.5, 0.6) is 5.88 Å². The van der Waals surface area contributed by atoms with Crippen LogP contribution in [-0.2, 0) is 13.1 Å². The Labute approximate surface area is 143 Å². The first-order valence-electron chi connectivity index (χ1n) is 7.45. The van der Waals surface area contributed by atoms with E-state index in [9.17, 15) is 13.2 Å². The minimum Gasteiger partial charge on any atom is -0.468 e. The van der Waals surface area contributed by atoms with Crippen LogP contribution < -0.4 is 15.4 Å². The molecular formula is C16H18F3N5O. The molecule has 2 aromatic rings. The third-order valence-electron chi connectivity index (χ3n) is 3.03. The van der Waals surface area contributed by atoms with Crippen molar-refractivity contribution in [3.05, 3.63) is 54.0 Å². The number of aromatic nitrogens is 2. The fourth-order valence-corrected chi connectivity index (χ4v) is 1.88. The zero-order valence-electron chi connectivity index (χ0n) is 13.5. The van der Waals surface area contributed by atoms with Gasteiger partial charge in [-0.15, -0.1) is 0 Å². The lowest BCUT2D eigenvalue weighted by atomic mass is 10.2. The van der Waals surface area contributed by atoms with Crippen molar-refractivity contribution in [2.45, 2.75) is 19.3 Å². The predicted octanol–water partition coefficient (Wildman–Crippen LogP) is 2.28. The Morgan fingerprint density at radius 1 is 1.12 bits per heavy atom. The Balaban J connectivity index is 1.84. The normalized spacial score (nSPS) is 11.9. The van der Waals surface area contributed by atoms with Crippen LogP contribution in [0.25, 0.3) is 0 Å². The third-order valence-corrected chi connectivity index (χ3v) is 3.03. The van der Waals surface area contributed by atoms with E-state index in [-0.39, 0.29) is 5.88 Å². The number of halogens is 3. The average Bonchev–Trinajstić information content (AvgIpc) is 2.61. The molecule has 0 amide bonds.